The summed E-state index contributed by atoms with van der Waals surface area (Å²) in [6, 6.07) is 14.2. The van der Waals surface area contributed by atoms with Crippen LogP contribution in [-0.4, -0.2) is 84.9 Å². The Morgan fingerprint density at radius 3 is 2.58 bits per heavy atom. The van der Waals surface area contributed by atoms with Crippen LogP contribution in [-0.2, 0) is 17.9 Å². The van der Waals surface area contributed by atoms with E-state index >= 15 is 0 Å². The van der Waals surface area contributed by atoms with E-state index in [-0.39, 0.29) is 51.8 Å². The number of alkyl halides is 2. The molecule has 0 bridgehead atoms. The molecule has 0 spiro atoms. The topological polar surface area (TPSA) is 119 Å². The highest BCUT2D eigenvalue weighted by molar-refractivity contribution is 6.31. The summed E-state index contributed by atoms with van der Waals surface area (Å²) >= 11 is 6.25. The van der Waals surface area contributed by atoms with Gasteiger partial charge in [0.05, 0.1) is 18.0 Å². The SMILES string of the molecule is CC(C)Oc1ccc(CN(C)C2CCN(C(=O)Cn3cc(NC(=O)c4cnn5cccnc45)c(-c4cc(Cl)ccc4OC(F)F)n3)CC2)cc1. The molecule has 6 rings (SSSR count). The minimum atomic E-state index is -3.12. The molecule has 1 saturated heterocycles. The Morgan fingerprint density at radius 1 is 1.10 bits per heavy atom. The number of rotatable bonds is 12. The zero-order chi connectivity index (χ0) is 35.4. The highest BCUT2D eigenvalue weighted by Crippen LogP contribution is 2.37. The quantitative estimate of drug-likeness (QED) is 0.168. The van der Waals surface area contributed by atoms with Gasteiger partial charge >= 0.3 is 6.61 Å². The maximum atomic E-state index is 13.5. The van der Waals surface area contributed by atoms with Gasteiger partial charge < -0.3 is 19.7 Å². The van der Waals surface area contributed by atoms with Crippen LogP contribution in [0.5, 0.6) is 11.5 Å². The first-order valence-corrected chi connectivity index (χ1v) is 16.6. The number of carbonyl (C=O) groups excluding carboxylic acids is 2. The monoisotopic (exact) mass is 706 g/mol. The molecule has 3 aromatic heterocycles. The predicted molar refractivity (Wildman–Crippen MR) is 184 cm³/mol. The van der Waals surface area contributed by atoms with Crippen LogP contribution in [0.2, 0.25) is 5.02 Å². The number of piperidine rings is 1. The van der Waals surface area contributed by atoms with Crippen molar-refractivity contribution in [2.75, 3.05) is 25.5 Å². The number of hydrogen-bond acceptors (Lipinski definition) is 8. The van der Waals surface area contributed by atoms with Crippen LogP contribution in [0.1, 0.15) is 42.6 Å². The highest BCUT2D eigenvalue weighted by atomic mass is 35.5. The number of carbonyl (C=O) groups is 2. The standard InChI is InChI=1S/C35H37ClF2N8O4/c1-22(2)49-26-8-5-23(6-9-26)19-43(3)25-11-15-44(16-12-25)31(47)21-45-20-29(41-34(48)28-18-40-46-14-4-13-39-33(28)46)32(42-45)27-17-24(36)7-10-30(27)50-35(37)38/h4-10,13-14,17-18,20,22,25,35H,11-12,15-16,19,21H2,1-3H3,(H,41,48). The average molecular weight is 707 g/mol. The second-order valence-corrected chi connectivity index (χ2v) is 12.8. The average Bonchev–Trinajstić information content (AvgIpc) is 3.70. The summed E-state index contributed by atoms with van der Waals surface area (Å²) in [7, 11) is 2.09. The van der Waals surface area contributed by atoms with Gasteiger partial charge in [0.25, 0.3) is 5.91 Å². The molecule has 12 nitrogen and oxygen atoms in total. The lowest BCUT2D eigenvalue weighted by atomic mass is 10.0. The van der Waals surface area contributed by atoms with Gasteiger partial charge in [0.1, 0.15) is 29.3 Å². The summed E-state index contributed by atoms with van der Waals surface area (Å²) in [6.45, 7) is 2.64. The number of anilines is 1. The van der Waals surface area contributed by atoms with E-state index in [1.165, 1.54) is 51.6 Å². The second-order valence-electron chi connectivity index (χ2n) is 12.3. The Bertz CT molecular complexity index is 1960. The lowest BCUT2D eigenvalue weighted by Crippen LogP contribution is -2.46. The van der Waals surface area contributed by atoms with Crippen molar-refractivity contribution in [1.82, 2.24) is 34.2 Å². The molecule has 0 atom stereocenters. The third kappa shape index (κ3) is 8.20. The number of ether oxygens (including phenoxy) is 2. The number of hydrogen-bond donors (Lipinski definition) is 1. The van der Waals surface area contributed by atoms with Crippen molar-refractivity contribution in [2.24, 2.45) is 0 Å². The molecule has 1 fully saturated rings. The van der Waals surface area contributed by atoms with Crippen molar-refractivity contribution in [1.29, 1.82) is 0 Å². The van der Waals surface area contributed by atoms with Crippen molar-refractivity contribution >= 4 is 34.7 Å². The van der Waals surface area contributed by atoms with Crippen molar-refractivity contribution in [2.45, 2.75) is 58.5 Å². The smallest absolute Gasteiger partial charge is 0.387 e. The van der Waals surface area contributed by atoms with Gasteiger partial charge in [-0.25, -0.2) is 9.50 Å². The Balaban J connectivity index is 1.16. The molecule has 15 heteroatoms. The van der Waals surface area contributed by atoms with Crippen molar-refractivity contribution in [3.8, 4) is 22.8 Å². The molecule has 0 saturated carbocycles. The number of halogens is 3. The number of benzene rings is 2. The van der Waals surface area contributed by atoms with Crippen LogP contribution in [0, 0.1) is 0 Å². The van der Waals surface area contributed by atoms with Crippen LogP contribution in [0.3, 0.4) is 0 Å². The van der Waals surface area contributed by atoms with Crippen molar-refractivity contribution in [3.05, 3.63) is 89.5 Å². The molecule has 262 valence electrons. The number of nitrogens with zero attached hydrogens (tertiary/aromatic N) is 7. The third-order valence-electron chi connectivity index (χ3n) is 8.41. The summed E-state index contributed by atoms with van der Waals surface area (Å²) in [4.78, 5) is 35.3. The normalized spacial score (nSPS) is 13.8. The zero-order valence-electron chi connectivity index (χ0n) is 27.8. The Hall–Kier alpha value is -5.08. The molecular formula is C35H37ClF2N8O4. The molecule has 4 heterocycles. The van der Waals surface area contributed by atoms with E-state index in [1.54, 1.807) is 17.2 Å². The van der Waals surface area contributed by atoms with Gasteiger partial charge in [0.15, 0.2) is 5.65 Å². The number of likely N-dealkylation sites (tertiary alicyclic amines) is 1. The fourth-order valence-electron chi connectivity index (χ4n) is 6.01. The van der Waals surface area contributed by atoms with Gasteiger partial charge in [-0.15, -0.1) is 0 Å². The van der Waals surface area contributed by atoms with Crippen LogP contribution in [0.25, 0.3) is 16.9 Å². The highest BCUT2D eigenvalue weighted by Gasteiger charge is 2.27. The summed E-state index contributed by atoms with van der Waals surface area (Å²) < 4.78 is 40.0. The molecule has 0 unspecified atom stereocenters. The molecule has 2 amide bonds. The molecule has 0 aliphatic carbocycles. The zero-order valence-corrected chi connectivity index (χ0v) is 28.6. The van der Waals surface area contributed by atoms with Gasteiger partial charge in [-0.2, -0.15) is 19.0 Å². The lowest BCUT2D eigenvalue weighted by molar-refractivity contribution is -0.133. The number of nitrogens with one attached hydrogen (secondary N) is 1. The Morgan fingerprint density at radius 2 is 1.86 bits per heavy atom. The Labute approximate surface area is 292 Å². The van der Waals surface area contributed by atoms with Crippen LogP contribution >= 0.6 is 11.6 Å². The molecule has 1 aliphatic rings. The fourth-order valence-corrected chi connectivity index (χ4v) is 6.19. The molecule has 1 aliphatic heterocycles. The van der Waals surface area contributed by atoms with Gasteiger partial charge in [-0.3, -0.25) is 19.2 Å². The van der Waals surface area contributed by atoms with Gasteiger partial charge in [-0.1, -0.05) is 23.7 Å². The minimum absolute atomic E-state index is 0.0952. The molecule has 5 aromatic rings. The van der Waals surface area contributed by atoms with E-state index in [0.29, 0.717) is 24.8 Å². The summed E-state index contributed by atoms with van der Waals surface area (Å²) in [5.41, 5.74) is 2.05. The first kappa shape index (κ1) is 34.8. The van der Waals surface area contributed by atoms with E-state index in [1.807, 2.05) is 26.0 Å². The van der Waals surface area contributed by atoms with Gasteiger partial charge in [0, 0.05) is 54.9 Å². The summed E-state index contributed by atoms with van der Waals surface area (Å²) in [5.74, 6) is -0.0769. The van der Waals surface area contributed by atoms with Crippen LogP contribution in [0.15, 0.2) is 73.3 Å². The molecule has 2 aromatic carbocycles. The van der Waals surface area contributed by atoms with E-state index < -0.39 is 12.5 Å². The van der Waals surface area contributed by atoms with E-state index in [4.69, 9.17) is 21.1 Å². The van der Waals surface area contributed by atoms with Crippen molar-refractivity contribution < 1.29 is 27.8 Å². The van der Waals surface area contributed by atoms with E-state index in [9.17, 15) is 18.4 Å². The van der Waals surface area contributed by atoms with Crippen LogP contribution < -0.4 is 14.8 Å². The van der Waals surface area contributed by atoms with Crippen LogP contribution in [0.4, 0.5) is 14.5 Å². The predicted octanol–water partition coefficient (Wildman–Crippen LogP) is 6.01. The first-order chi connectivity index (χ1) is 24.0. The van der Waals surface area contributed by atoms with Gasteiger partial charge in [-0.05, 0) is 75.7 Å². The maximum absolute atomic E-state index is 13.5. The summed E-state index contributed by atoms with van der Waals surface area (Å²) in [6.07, 6.45) is 7.75. The third-order valence-corrected chi connectivity index (χ3v) is 8.65. The largest absolute Gasteiger partial charge is 0.491 e. The van der Waals surface area contributed by atoms with E-state index in [2.05, 4.69) is 44.6 Å². The molecule has 1 N–H and O–H groups in total. The number of amides is 2. The number of fused-ring (bicyclic) bond motifs is 1. The second kappa shape index (κ2) is 15.2. The molecular weight excluding hydrogens is 670 g/mol. The molecule has 0 radical (unpaired) electrons. The first-order valence-electron chi connectivity index (χ1n) is 16.2. The maximum Gasteiger partial charge on any atom is 0.387 e. The van der Waals surface area contributed by atoms with Gasteiger partial charge in [0.2, 0.25) is 5.91 Å². The summed E-state index contributed by atoms with van der Waals surface area (Å²) in [5, 5.41) is 11.7. The minimum Gasteiger partial charge on any atom is -0.491 e. The number of aromatic nitrogens is 5. The lowest BCUT2D eigenvalue weighted by Gasteiger charge is -2.36. The molecule has 50 heavy (non-hydrogen) atoms. The van der Waals surface area contributed by atoms with Crippen molar-refractivity contribution in [3.63, 3.8) is 0 Å². The van der Waals surface area contributed by atoms with E-state index in [0.717, 1.165) is 25.1 Å². The fraction of sp³-hybridized carbons (Fsp3) is 0.343. The Kier molecular flexibility index (Phi) is 10.6.